The maximum atomic E-state index is 12.1. The molecule has 0 spiro atoms. The minimum Gasteiger partial charge on any atom is -0.352 e. The van der Waals surface area contributed by atoms with Crippen LogP contribution in [0, 0.1) is 0 Å². The van der Waals surface area contributed by atoms with E-state index in [2.05, 4.69) is 36.5 Å². The van der Waals surface area contributed by atoms with Gasteiger partial charge in [0.25, 0.3) is 0 Å². The minimum absolute atomic E-state index is 0.0700. The van der Waals surface area contributed by atoms with Gasteiger partial charge in [0.15, 0.2) is 0 Å². The van der Waals surface area contributed by atoms with Gasteiger partial charge in [-0.3, -0.25) is 9.48 Å². The SMILES string of the molecule is CCc1nn(C)cc1CNC(C)C(=O)NC(CC)CC. The quantitative estimate of drug-likeness (QED) is 0.763. The van der Waals surface area contributed by atoms with Gasteiger partial charge in [-0.05, 0) is 26.2 Å². The Kier molecular flexibility index (Phi) is 6.71. The van der Waals surface area contributed by atoms with Crippen LogP contribution in [0.15, 0.2) is 6.20 Å². The number of nitrogens with one attached hydrogen (secondary N) is 2. The molecule has 1 unspecified atom stereocenters. The van der Waals surface area contributed by atoms with Crippen molar-refractivity contribution < 1.29 is 4.79 Å². The van der Waals surface area contributed by atoms with E-state index in [1.54, 1.807) is 0 Å². The average molecular weight is 280 g/mol. The van der Waals surface area contributed by atoms with E-state index >= 15 is 0 Å². The topological polar surface area (TPSA) is 59.0 Å². The van der Waals surface area contributed by atoms with Gasteiger partial charge < -0.3 is 10.6 Å². The van der Waals surface area contributed by atoms with Crippen molar-refractivity contribution in [3.05, 3.63) is 17.5 Å². The summed E-state index contributed by atoms with van der Waals surface area (Å²) in [7, 11) is 1.92. The van der Waals surface area contributed by atoms with Gasteiger partial charge in [0, 0.05) is 31.4 Å². The van der Waals surface area contributed by atoms with Crippen molar-refractivity contribution in [3.63, 3.8) is 0 Å². The van der Waals surface area contributed by atoms with E-state index < -0.39 is 0 Å². The van der Waals surface area contributed by atoms with E-state index in [0.717, 1.165) is 30.5 Å². The molecule has 5 nitrogen and oxygen atoms in total. The van der Waals surface area contributed by atoms with Crippen molar-refractivity contribution >= 4 is 5.91 Å². The van der Waals surface area contributed by atoms with E-state index in [0.29, 0.717) is 6.54 Å². The lowest BCUT2D eigenvalue weighted by Gasteiger charge is -2.19. The Balaban J connectivity index is 2.49. The number of aromatic nitrogens is 2. The van der Waals surface area contributed by atoms with E-state index in [1.165, 1.54) is 0 Å². The van der Waals surface area contributed by atoms with Gasteiger partial charge in [0.05, 0.1) is 11.7 Å². The van der Waals surface area contributed by atoms with Crippen LogP contribution in [-0.4, -0.2) is 27.8 Å². The lowest BCUT2D eigenvalue weighted by molar-refractivity contribution is -0.123. The van der Waals surface area contributed by atoms with Crippen molar-refractivity contribution in [1.82, 2.24) is 20.4 Å². The zero-order chi connectivity index (χ0) is 15.1. The molecule has 5 heteroatoms. The molecule has 1 atom stereocenters. The van der Waals surface area contributed by atoms with E-state index in [-0.39, 0.29) is 18.0 Å². The predicted octanol–water partition coefficient (Wildman–Crippen LogP) is 1.77. The van der Waals surface area contributed by atoms with Crippen LogP contribution >= 0.6 is 0 Å². The number of aryl methyl sites for hydroxylation is 2. The van der Waals surface area contributed by atoms with Crippen molar-refractivity contribution in [2.24, 2.45) is 7.05 Å². The van der Waals surface area contributed by atoms with Crippen LogP contribution in [0.3, 0.4) is 0 Å². The first-order valence-corrected chi connectivity index (χ1v) is 7.56. The second-order valence-corrected chi connectivity index (χ2v) is 5.25. The molecule has 0 fully saturated rings. The smallest absolute Gasteiger partial charge is 0.237 e. The van der Waals surface area contributed by atoms with Gasteiger partial charge in [-0.15, -0.1) is 0 Å². The molecular weight excluding hydrogens is 252 g/mol. The van der Waals surface area contributed by atoms with E-state index in [1.807, 2.05) is 24.9 Å². The van der Waals surface area contributed by atoms with Crippen LogP contribution in [-0.2, 0) is 24.8 Å². The Morgan fingerprint density at radius 1 is 1.35 bits per heavy atom. The summed E-state index contributed by atoms with van der Waals surface area (Å²) in [6, 6.07) is 0.0804. The largest absolute Gasteiger partial charge is 0.352 e. The van der Waals surface area contributed by atoms with Crippen molar-refractivity contribution in [3.8, 4) is 0 Å². The number of hydrogen-bond donors (Lipinski definition) is 2. The molecule has 2 N–H and O–H groups in total. The van der Waals surface area contributed by atoms with Gasteiger partial charge in [-0.2, -0.15) is 5.10 Å². The van der Waals surface area contributed by atoms with Crippen LogP contribution in [0.2, 0.25) is 0 Å². The fraction of sp³-hybridized carbons (Fsp3) is 0.733. The fourth-order valence-electron chi connectivity index (χ4n) is 2.20. The summed E-state index contributed by atoms with van der Waals surface area (Å²) in [6.45, 7) is 8.86. The summed E-state index contributed by atoms with van der Waals surface area (Å²) in [4.78, 5) is 12.1. The van der Waals surface area contributed by atoms with Crippen LogP contribution in [0.25, 0.3) is 0 Å². The molecule has 20 heavy (non-hydrogen) atoms. The first kappa shape index (κ1) is 16.7. The van der Waals surface area contributed by atoms with Crippen molar-refractivity contribution in [2.75, 3.05) is 0 Å². The molecule has 1 amide bonds. The molecule has 1 aromatic heterocycles. The molecule has 0 bridgehead atoms. The summed E-state index contributed by atoms with van der Waals surface area (Å²) in [5.41, 5.74) is 2.25. The molecule has 0 radical (unpaired) electrons. The molecule has 0 saturated heterocycles. The highest BCUT2D eigenvalue weighted by molar-refractivity contribution is 5.81. The molecule has 114 valence electrons. The molecule has 0 aromatic carbocycles. The summed E-state index contributed by atoms with van der Waals surface area (Å²) in [5.74, 6) is 0.0700. The van der Waals surface area contributed by atoms with E-state index in [9.17, 15) is 4.79 Å². The molecule has 1 aromatic rings. The maximum Gasteiger partial charge on any atom is 0.237 e. The number of amides is 1. The highest BCUT2D eigenvalue weighted by Gasteiger charge is 2.16. The van der Waals surface area contributed by atoms with Crippen molar-refractivity contribution in [1.29, 1.82) is 0 Å². The number of carbonyl (C=O) groups is 1. The Bertz CT molecular complexity index is 424. The van der Waals surface area contributed by atoms with Gasteiger partial charge >= 0.3 is 0 Å². The molecular formula is C15H28N4O. The third kappa shape index (κ3) is 4.63. The average Bonchev–Trinajstić information content (AvgIpc) is 2.81. The second kappa shape index (κ2) is 8.04. The van der Waals surface area contributed by atoms with Gasteiger partial charge in [-0.1, -0.05) is 20.8 Å². The number of carbonyl (C=O) groups excluding carboxylic acids is 1. The molecule has 0 saturated carbocycles. The summed E-state index contributed by atoms with van der Waals surface area (Å²) < 4.78 is 1.82. The second-order valence-electron chi connectivity index (χ2n) is 5.25. The Labute approximate surface area is 122 Å². The molecule has 1 heterocycles. The predicted molar refractivity (Wildman–Crippen MR) is 81.4 cm³/mol. The summed E-state index contributed by atoms with van der Waals surface area (Å²) in [6.07, 6.45) is 4.86. The normalized spacial score (nSPS) is 12.7. The third-order valence-corrected chi connectivity index (χ3v) is 3.65. The lowest BCUT2D eigenvalue weighted by Crippen LogP contribution is -2.45. The third-order valence-electron chi connectivity index (χ3n) is 3.65. The van der Waals surface area contributed by atoms with Crippen LogP contribution in [0.1, 0.15) is 51.8 Å². The monoisotopic (exact) mass is 280 g/mol. The number of rotatable bonds is 8. The molecule has 0 aliphatic carbocycles. The minimum atomic E-state index is -0.194. The highest BCUT2D eigenvalue weighted by Crippen LogP contribution is 2.07. The standard InChI is InChI=1S/C15H28N4O/c1-6-13(7-2)17-15(20)11(4)16-9-12-10-19(5)18-14(12)8-3/h10-11,13,16H,6-9H2,1-5H3,(H,17,20). The van der Waals surface area contributed by atoms with Gasteiger partial charge in [-0.25, -0.2) is 0 Å². The summed E-state index contributed by atoms with van der Waals surface area (Å²) in [5, 5.41) is 10.7. The van der Waals surface area contributed by atoms with Gasteiger partial charge in [0.1, 0.15) is 0 Å². The lowest BCUT2D eigenvalue weighted by atomic mass is 10.1. The number of nitrogens with zero attached hydrogens (tertiary/aromatic N) is 2. The van der Waals surface area contributed by atoms with Crippen LogP contribution < -0.4 is 10.6 Å². The maximum absolute atomic E-state index is 12.1. The van der Waals surface area contributed by atoms with Crippen LogP contribution in [0.5, 0.6) is 0 Å². The van der Waals surface area contributed by atoms with Crippen LogP contribution in [0.4, 0.5) is 0 Å². The summed E-state index contributed by atoms with van der Waals surface area (Å²) >= 11 is 0. The first-order valence-electron chi connectivity index (χ1n) is 7.56. The first-order chi connectivity index (χ1) is 9.51. The molecule has 0 aliphatic heterocycles. The zero-order valence-electron chi connectivity index (χ0n) is 13.4. The Morgan fingerprint density at radius 3 is 2.55 bits per heavy atom. The van der Waals surface area contributed by atoms with E-state index in [4.69, 9.17) is 0 Å². The van der Waals surface area contributed by atoms with Crippen molar-refractivity contribution in [2.45, 2.75) is 65.6 Å². The fourth-order valence-corrected chi connectivity index (χ4v) is 2.20. The molecule has 0 aliphatic rings. The Hall–Kier alpha value is -1.36. The van der Waals surface area contributed by atoms with Gasteiger partial charge in [0.2, 0.25) is 5.91 Å². The highest BCUT2D eigenvalue weighted by atomic mass is 16.2. The number of hydrogen-bond acceptors (Lipinski definition) is 3. The Morgan fingerprint density at radius 2 is 2.00 bits per heavy atom. The molecule has 1 rings (SSSR count). The zero-order valence-corrected chi connectivity index (χ0v) is 13.4.